The van der Waals surface area contributed by atoms with Gasteiger partial charge in [0.25, 0.3) is 0 Å². The molecular weight excluding hydrogens is 220 g/mol. The van der Waals surface area contributed by atoms with E-state index < -0.39 is 0 Å². The highest BCUT2D eigenvalue weighted by atomic mass is 15.3. The topological polar surface area (TPSA) is 15.6 Å². The van der Waals surface area contributed by atoms with E-state index in [1.54, 1.807) is 0 Å². The lowest BCUT2D eigenvalue weighted by Crippen LogP contribution is -2.60. The van der Waals surface area contributed by atoms with Crippen LogP contribution in [0, 0.1) is 0 Å². The van der Waals surface area contributed by atoms with Crippen molar-refractivity contribution in [2.75, 3.05) is 0 Å². The molecule has 0 aliphatic heterocycles. The summed E-state index contributed by atoms with van der Waals surface area (Å²) < 4.78 is 0. The highest BCUT2D eigenvalue weighted by Crippen LogP contribution is 2.38. The first-order chi connectivity index (χ1) is 8.30. The van der Waals surface area contributed by atoms with Gasteiger partial charge in [0.2, 0.25) is 0 Å². The first kappa shape index (κ1) is 14.0. The van der Waals surface area contributed by atoms with E-state index >= 15 is 0 Å². The van der Waals surface area contributed by atoms with Gasteiger partial charge in [-0.15, -0.1) is 0 Å². The lowest BCUT2D eigenvalue weighted by atomic mass is 9.80. The van der Waals surface area contributed by atoms with E-state index in [1.807, 2.05) is 0 Å². The van der Waals surface area contributed by atoms with Gasteiger partial charge in [-0.2, -0.15) is 0 Å². The molecule has 2 aliphatic rings. The van der Waals surface area contributed by atoms with Crippen molar-refractivity contribution in [1.82, 2.24) is 4.90 Å². The molecule has 18 heavy (non-hydrogen) atoms. The van der Waals surface area contributed by atoms with Crippen molar-refractivity contribution in [1.29, 1.82) is 0 Å². The summed E-state index contributed by atoms with van der Waals surface area (Å²) in [6.07, 6.45) is 10.6. The van der Waals surface area contributed by atoms with Gasteiger partial charge >= 0.3 is 0 Å². The number of hydrogen-bond acceptors (Lipinski definition) is 2. The lowest BCUT2D eigenvalue weighted by Gasteiger charge is -2.53. The zero-order valence-corrected chi connectivity index (χ0v) is 12.9. The van der Waals surface area contributed by atoms with Crippen LogP contribution in [0.3, 0.4) is 0 Å². The average Bonchev–Trinajstić information content (AvgIpc) is 2.07. The molecule has 2 fully saturated rings. The van der Waals surface area contributed by atoms with Gasteiger partial charge < -0.3 is 0 Å². The van der Waals surface area contributed by atoms with Crippen LogP contribution in [0.25, 0.3) is 0 Å². The van der Waals surface area contributed by atoms with Crippen molar-refractivity contribution in [2.24, 2.45) is 4.99 Å². The molecule has 0 spiro atoms. The Bertz CT molecular complexity index is 290. The summed E-state index contributed by atoms with van der Waals surface area (Å²) in [5.74, 6) is 0. The van der Waals surface area contributed by atoms with Crippen LogP contribution in [0.15, 0.2) is 4.99 Å². The molecule has 0 radical (unpaired) electrons. The monoisotopic (exact) mass is 250 g/mol. The maximum atomic E-state index is 4.76. The van der Waals surface area contributed by atoms with Crippen LogP contribution in [0.2, 0.25) is 0 Å². The summed E-state index contributed by atoms with van der Waals surface area (Å²) in [6, 6.07) is 1.63. The predicted molar refractivity (Wildman–Crippen MR) is 79.4 cm³/mol. The molecule has 0 bridgehead atoms. The second-order valence-corrected chi connectivity index (χ2v) is 7.66. The Hall–Kier alpha value is -0.370. The van der Waals surface area contributed by atoms with Crippen molar-refractivity contribution >= 4 is 6.21 Å². The van der Waals surface area contributed by atoms with Crippen molar-refractivity contribution < 1.29 is 0 Å². The van der Waals surface area contributed by atoms with Gasteiger partial charge in [0.1, 0.15) is 0 Å². The third kappa shape index (κ3) is 3.14. The highest BCUT2D eigenvalue weighted by Gasteiger charge is 2.41. The molecule has 2 heteroatoms. The second kappa shape index (κ2) is 4.96. The van der Waals surface area contributed by atoms with E-state index in [9.17, 15) is 0 Å². The summed E-state index contributed by atoms with van der Waals surface area (Å²) in [4.78, 5) is 7.54. The molecule has 0 unspecified atom stereocenters. The van der Waals surface area contributed by atoms with Gasteiger partial charge in [-0.05, 0) is 60.3 Å². The summed E-state index contributed by atoms with van der Waals surface area (Å²) in [6.45, 7) is 11.2. The summed E-state index contributed by atoms with van der Waals surface area (Å²) in [7, 11) is 0. The van der Waals surface area contributed by atoms with Crippen LogP contribution in [-0.2, 0) is 0 Å². The molecule has 0 atom stereocenters. The lowest BCUT2D eigenvalue weighted by molar-refractivity contribution is -0.00733. The van der Waals surface area contributed by atoms with E-state index in [0.717, 1.165) is 12.1 Å². The first-order valence-corrected chi connectivity index (χ1v) is 7.64. The fourth-order valence-electron chi connectivity index (χ4n) is 2.99. The van der Waals surface area contributed by atoms with Crippen molar-refractivity contribution in [2.45, 2.75) is 96.3 Å². The number of hydrogen-bond donors (Lipinski definition) is 0. The van der Waals surface area contributed by atoms with Crippen LogP contribution in [-0.4, -0.2) is 34.3 Å². The molecule has 2 nitrogen and oxygen atoms in total. The summed E-state index contributed by atoms with van der Waals surface area (Å²) in [5.41, 5.74) is 0.158. The normalized spacial score (nSPS) is 23.4. The smallest absolute Gasteiger partial charge is 0.0521 e. The Morgan fingerprint density at radius 2 is 1.33 bits per heavy atom. The fraction of sp³-hybridized carbons (Fsp3) is 0.938. The number of aliphatic imine (C=N–C) groups is 1. The van der Waals surface area contributed by atoms with Crippen LogP contribution >= 0.6 is 0 Å². The predicted octanol–water partition coefficient (Wildman–Crippen LogP) is 4.04. The average molecular weight is 250 g/mol. The number of rotatable bonds is 4. The van der Waals surface area contributed by atoms with Crippen LogP contribution in [0.1, 0.15) is 73.1 Å². The van der Waals surface area contributed by atoms with E-state index in [-0.39, 0.29) is 11.1 Å². The Morgan fingerprint density at radius 1 is 0.889 bits per heavy atom. The minimum atomic E-state index is 0.0438. The van der Waals surface area contributed by atoms with Crippen molar-refractivity contribution in [3.8, 4) is 0 Å². The highest BCUT2D eigenvalue weighted by molar-refractivity contribution is 5.69. The van der Waals surface area contributed by atoms with E-state index in [0.29, 0.717) is 0 Å². The summed E-state index contributed by atoms with van der Waals surface area (Å²) in [5, 5.41) is 0. The standard InChI is InChI=1S/C16H30N2/c1-15(2,3)17-12-16(4,5)18(13-8-6-9-13)14-10-7-11-14/h12-14H,6-11H2,1-5H3. The maximum absolute atomic E-state index is 4.76. The fourth-order valence-corrected chi connectivity index (χ4v) is 2.99. The molecule has 2 rings (SSSR count). The quantitative estimate of drug-likeness (QED) is 0.688. The molecule has 0 aromatic rings. The molecule has 0 aromatic heterocycles. The Kier molecular flexibility index (Phi) is 3.87. The van der Waals surface area contributed by atoms with E-state index in [1.165, 1.54) is 38.5 Å². The molecule has 0 saturated heterocycles. The maximum Gasteiger partial charge on any atom is 0.0521 e. The molecule has 0 aromatic carbocycles. The first-order valence-electron chi connectivity index (χ1n) is 7.64. The van der Waals surface area contributed by atoms with Gasteiger partial charge in [-0.1, -0.05) is 12.8 Å². The Balaban J connectivity index is 2.09. The van der Waals surface area contributed by atoms with Gasteiger partial charge in [0, 0.05) is 18.3 Å². The number of nitrogens with zero attached hydrogens (tertiary/aromatic N) is 2. The van der Waals surface area contributed by atoms with Crippen molar-refractivity contribution in [3.05, 3.63) is 0 Å². The molecule has 0 heterocycles. The molecule has 2 aliphatic carbocycles. The SMILES string of the molecule is CC(C)(C)N=CC(C)(C)N(C1CCC1)C1CCC1. The molecule has 0 N–H and O–H groups in total. The third-order valence-corrected chi connectivity index (χ3v) is 4.37. The summed E-state index contributed by atoms with van der Waals surface area (Å²) >= 11 is 0. The zero-order chi connectivity index (χ0) is 13.4. The molecule has 104 valence electrons. The minimum absolute atomic E-state index is 0.0438. The molecule has 2 saturated carbocycles. The largest absolute Gasteiger partial charge is 0.290 e. The van der Waals surface area contributed by atoms with Crippen molar-refractivity contribution in [3.63, 3.8) is 0 Å². The second-order valence-electron chi connectivity index (χ2n) is 7.66. The van der Waals surface area contributed by atoms with Crippen LogP contribution < -0.4 is 0 Å². The zero-order valence-electron chi connectivity index (χ0n) is 12.9. The Labute approximate surface area is 113 Å². The van der Waals surface area contributed by atoms with E-state index in [4.69, 9.17) is 4.99 Å². The molecular formula is C16H30N2. The Morgan fingerprint density at radius 3 is 1.61 bits per heavy atom. The van der Waals surface area contributed by atoms with E-state index in [2.05, 4.69) is 45.7 Å². The van der Waals surface area contributed by atoms with Crippen LogP contribution in [0.4, 0.5) is 0 Å². The van der Waals surface area contributed by atoms with Crippen LogP contribution in [0.5, 0.6) is 0 Å². The minimum Gasteiger partial charge on any atom is -0.290 e. The van der Waals surface area contributed by atoms with Gasteiger partial charge in [0.05, 0.1) is 11.1 Å². The van der Waals surface area contributed by atoms with Gasteiger partial charge in [-0.3, -0.25) is 9.89 Å². The van der Waals surface area contributed by atoms with Gasteiger partial charge in [-0.25, -0.2) is 0 Å². The molecule has 0 amide bonds. The van der Waals surface area contributed by atoms with Gasteiger partial charge in [0.15, 0.2) is 0 Å². The third-order valence-electron chi connectivity index (χ3n) is 4.37.